The Balaban J connectivity index is 1.51. The molecule has 4 rings (SSSR count). The minimum Gasteiger partial charge on any atom is -0.486 e. The molecule has 0 aliphatic carbocycles. The van der Waals surface area contributed by atoms with E-state index in [2.05, 4.69) is 0 Å². The van der Waals surface area contributed by atoms with E-state index in [1.54, 1.807) is 18.2 Å². The largest absolute Gasteiger partial charge is 0.486 e. The van der Waals surface area contributed by atoms with Crippen molar-refractivity contribution in [3.05, 3.63) is 40.9 Å². The standard InChI is InChI=1S/C18H13NO8/c20-12-2-3-13(21)19(12)27-15(23)6-8-25-18-16-11(5-7-24-16)9-10-1-4-14(22)26-17(10)18/h1,4-5,7,9H,2-3,6,8H2. The van der Waals surface area contributed by atoms with Gasteiger partial charge >= 0.3 is 11.6 Å². The number of imide groups is 1. The molecule has 1 aromatic carbocycles. The number of hydrogen-bond donors (Lipinski definition) is 0. The van der Waals surface area contributed by atoms with Crippen LogP contribution in [-0.2, 0) is 19.2 Å². The Morgan fingerprint density at radius 2 is 1.78 bits per heavy atom. The van der Waals surface area contributed by atoms with Crippen LogP contribution in [0.3, 0.4) is 0 Å². The minimum absolute atomic E-state index is 0.0220. The summed E-state index contributed by atoms with van der Waals surface area (Å²) in [5, 5.41) is 1.85. The first-order chi connectivity index (χ1) is 13.0. The zero-order valence-electron chi connectivity index (χ0n) is 13.9. The lowest BCUT2D eigenvalue weighted by atomic mass is 10.1. The highest BCUT2D eigenvalue weighted by molar-refractivity contribution is 6.01. The molecule has 0 unspecified atom stereocenters. The van der Waals surface area contributed by atoms with E-state index in [9.17, 15) is 19.2 Å². The van der Waals surface area contributed by atoms with Crippen molar-refractivity contribution in [3.8, 4) is 5.75 Å². The molecular formula is C18H13NO8. The van der Waals surface area contributed by atoms with Crippen molar-refractivity contribution in [2.75, 3.05) is 6.61 Å². The van der Waals surface area contributed by atoms with E-state index >= 15 is 0 Å². The lowest BCUT2D eigenvalue weighted by Crippen LogP contribution is -2.32. The molecule has 0 saturated carbocycles. The summed E-state index contributed by atoms with van der Waals surface area (Å²) in [5.41, 5.74) is 0.0158. The fourth-order valence-corrected chi connectivity index (χ4v) is 2.78. The van der Waals surface area contributed by atoms with Gasteiger partial charge in [-0.15, -0.1) is 5.06 Å². The van der Waals surface area contributed by atoms with E-state index in [-0.39, 0.29) is 37.2 Å². The van der Waals surface area contributed by atoms with Crippen LogP contribution in [0.2, 0.25) is 0 Å². The molecule has 0 radical (unpaired) electrons. The number of rotatable bonds is 5. The zero-order chi connectivity index (χ0) is 19.0. The highest BCUT2D eigenvalue weighted by Gasteiger charge is 2.32. The third-order valence-corrected chi connectivity index (χ3v) is 4.03. The van der Waals surface area contributed by atoms with E-state index in [0.717, 1.165) is 5.39 Å². The van der Waals surface area contributed by atoms with Crippen molar-refractivity contribution >= 4 is 39.7 Å². The summed E-state index contributed by atoms with van der Waals surface area (Å²) in [6.07, 6.45) is 1.28. The van der Waals surface area contributed by atoms with Gasteiger partial charge in [0.15, 0.2) is 11.2 Å². The van der Waals surface area contributed by atoms with Gasteiger partial charge in [-0.05, 0) is 18.2 Å². The van der Waals surface area contributed by atoms with E-state index in [0.29, 0.717) is 16.0 Å². The number of hydrogen-bond acceptors (Lipinski definition) is 8. The molecule has 1 aliphatic rings. The highest BCUT2D eigenvalue weighted by atomic mass is 16.7. The van der Waals surface area contributed by atoms with Crippen LogP contribution in [0.15, 0.2) is 44.2 Å². The molecule has 9 heteroatoms. The van der Waals surface area contributed by atoms with E-state index in [4.69, 9.17) is 18.4 Å². The maximum Gasteiger partial charge on any atom is 0.336 e. The zero-order valence-corrected chi connectivity index (χ0v) is 13.9. The van der Waals surface area contributed by atoms with Gasteiger partial charge < -0.3 is 18.4 Å². The first kappa shape index (κ1) is 16.8. The fourth-order valence-electron chi connectivity index (χ4n) is 2.78. The van der Waals surface area contributed by atoms with Gasteiger partial charge in [-0.25, -0.2) is 9.59 Å². The number of ether oxygens (including phenoxy) is 1. The van der Waals surface area contributed by atoms with Crippen LogP contribution in [0.25, 0.3) is 21.9 Å². The minimum atomic E-state index is -0.795. The van der Waals surface area contributed by atoms with Crippen LogP contribution >= 0.6 is 0 Å². The maximum atomic E-state index is 11.9. The number of nitrogens with zero attached hydrogens (tertiary/aromatic N) is 1. The van der Waals surface area contributed by atoms with E-state index in [1.807, 2.05) is 0 Å². The Bertz CT molecular complexity index is 1110. The molecule has 0 atom stereocenters. The van der Waals surface area contributed by atoms with Crippen LogP contribution in [0.5, 0.6) is 5.75 Å². The number of carbonyl (C=O) groups is 3. The second kappa shape index (κ2) is 6.60. The summed E-state index contributed by atoms with van der Waals surface area (Å²) in [5.74, 6) is -1.72. The van der Waals surface area contributed by atoms with Crippen molar-refractivity contribution in [2.24, 2.45) is 0 Å². The Kier molecular flexibility index (Phi) is 4.11. The number of amides is 2. The monoisotopic (exact) mass is 371 g/mol. The Hall–Kier alpha value is -3.62. The average molecular weight is 371 g/mol. The van der Waals surface area contributed by atoms with E-state index in [1.165, 1.54) is 12.3 Å². The van der Waals surface area contributed by atoms with Gasteiger partial charge in [0.05, 0.1) is 19.3 Å². The summed E-state index contributed by atoms with van der Waals surface area (Å²) in [4.78, 5) is 51.1. The fraction of sp³-hybridized carbons (Fsp3) is 0.222. The topological polar surface area (TPSA) is 116 Å². The molecule has 3 aromatic rings. The van der Waals surface area contributed by atoms with Gasteiger partial charge in [-0.3, -0.25) is 9.59 Å². The molecule has 3 heterocycles. The van der Waals surface area contributed by atoms with Gasteiger partial charge in [0.25, 0.3) is 11.8 Å². The lowest BCUT2D eigenvalue weighted by Gasteiger charge is -2.13. The van der Waals surface area contributed by atoms with Crippen LogP contribution in [0, 0.1) is 0 Å². The van der Waals surface area contributed by atoms with Crippen molar-refractivity contribution in [1.29, 1.82) is 0 Å². The van der Waals surface area contributed by atoms with Crippen LogP contribution in [0.1, 0.15) is 19.3 Å². The molecule has 0 spiro atoms. The number of carbonyl (C=O) groups excluding carboxylic acids is 3. The quantitative estimate of drug-likeness (QED) is 0.493. The number of benzene rings is 1. The molecule has 9 nitrogen and oxygen atoms in total. The summed E-state index contributed by atoms with van der Waals surface area (Å²) in [6.45, 7) is -0.136. The molecule has 0 bridgehead atoms. The number of fused-ring (bicyclic) bond motifs is 2. The molecule has 0 N–H and O–H groups in total. The highest BCUT2D eigenvalue weighted by Crippen LogP contribution is 2.35. The Labute approximate surface area is 151 Å². The molecule has 2 amide bonds. The lowest BCUT2D eigenvalue weighted by molar-refractivity contribution is -0.197. The molecule has 1 fully saturated rings. The summed E-state index contributed by atoms with van der Waals surface area (Å²) in [7, 11) is 0. The Morgan fingerprint density at radius 3 is 2.56 bits per heavy atom. The third kappa shape index (κ3) is 3.14. The number of furan rings is 1. The molecule has 1 aliphatic heterocycles. The normalized spacial score (nSPS) is 14.3. The average Bonchev–Trinajstić information content (AvgIpc) is 3.23. The van der Waals surface area contributed by atoms with Crippen LogP contribution in [0.4, 0.5) is 0 Å². The van der Waals surface area contributed by atoms with Crippen molar-refractivity contribution in [2.45, 2.75) is 19.3 Å². The molecule has 2 aromatic heterocycles. The molecular weight excluding hydrogens is 358 g/mol. The van der Waals surface area contributed by atoms with Gasteiger partial charge in [0.2, 0.25) is 5.75 Å². The van der Waals surface area contributed by atoms with Gasteiger partial charge in [0, 0.05) is 29.7 Å². The first-order valence-electron chi connectivity index (χ1n) is 8.16. The van der Waals surface area contributed by atoms with Crippen LogP contribution < -0.4 is 10.4 Å². The van der Waals surface area contributed by atoms with Gasteiger partial charge in [-0.1, -0.05) is 0 Å². The SMILES string of the molecule is O=C(CCOc1c2occc2cc2ccc(=O)oc12)ON1C(=O)CCC1=O. The third-order valence-electron chi connectivity index (χ3n) is 4.03. The van der Waals surface area contributed by atoms with Crippen molar-refractivity contribution in [3.63, 3.8) is 0 Å². The van der Waals surface area contributed by atoms with Gasteiger partial charge in [-0.2, -0.15) is 0 Å². The first-order valence-corrected chi connectivity index (χ1v) is 8.16. The van der Waals surface area contributed by atoms with Crippen molar-refractivity contribution in [1.82, 2.24) is 5.06 Å². The summed E-state index contributed by atoms with van der Waals surface area (Å²) >= 11 is 0. The molecule has 1 saturated heterocycles. The maximum absolute atomic E-state index is 11.9. The second-order valence-corrected chi connectivity index (χ2v) is 5.86. The predicted octanol–water partition coefficient (Wildman–Crippen LogP) is 1.92. The smallest absolute Gasteiger partial charge is 0.336 e. The van der Waals surface area contributed by atoms with Crippen molar-refractivity contribution < 1.29 is 32.8 Å². The molecule has 27 heavy (non-hydrogen) atoms. The summed E-state index contributed by atoms with van der Waals surface area (Å²) < 4.78 is 16.2. The predicted molar refractivity (Wildman–Crippen MR) is 89.5 cm³/mol. The Morgan fingerprint density at radius 1 is 1.04 bits per heavy atom. The van der Waals surface area contributed by atoms with Gasteiger partial charge in [0.1, 0.15) is 0 Å². The molecule has 138 valence electrons. The second-order valence-electron chi connectivity index (χ2n) is 5.86. The number of hydroxylamine groups is 2. The van der Waals surface area contributed by atoms with Crippen LogP contribution in [-0.4, -0.2) is 29.5 Å². The summed E-state index contributed by atoms with van der Waals surface area (Å²) in [6, 6.07) is 6.40. The van der Waals surface area contributed by atoms with E-state index < -0.39 is 23.4 Å².